The molecule has 2 aromatic carbocycles. The first-order valence-corrected chi connectivity index (χ1v) is 12.8. The van der Waals surface area contributed by atoms with Crippen molar-refractivity contribution in [3.63, 3.8) is 0 Å². The van der Waals surface area contributed by atoms with E-state index in [-0.39, 0.29) is 35.3 Å². The molecule has 0 aliphatic carbocycles. The summed E-state index contributed by atoms with van der Waals surface area (Å²) in [6.07, 6.45) is 5.45. The second kappa shape index (κ2) is 11.5. The van der Waals surface area contributed by atoms with Crippen LogP contribution in [0.1, 0.15) is 22.9 Å². The smallest absolute Gasteiger partial charge is 0.359 e. The second-order valence-corrected chi connectivity index (χ2v) is 9.44. The Kier molecular flexibility index (Phi) is 7.64. The predicted molar refractivity (Wildman–Crippen MR) is 151 cm³/mol. The number of nitriles is 1. The van der Waals surface area contributed by atoms with Crippen LogP contribution < -0.4 is 15.2 Å². The Morgan fingerprint density at radius 1 is 1.12 bits per heavy atom. The molecule has 5 rings (SSSR count). The zero-order valence-corrected chi connectivity index (χ0v) is 22.2. The van der Waals surface area contributed by atoms with Gasteiger partial charge in [0, 0.05) is 31.7 Å². The van der Waals surface area contributed by atoms with Gasteiger partial charge < -0.3 is 9.64 Å². The molecule has 0 saturated carbocycles. The number of aromatic nitrogens is 2. The van der Waals surface area contributed by atoms with Gasteiger partial charge in [0.2, 0.25) is 0 Å². The molecule has 0 spiro atoms. The zero-order chi connectivity index (χ0) is 29.1. The normalized spacial score (nSPS) is 14.3. The number of anilines is 1. The number of nitrogens with zero attached hydrogens (tertiary/aromatic N) is 6. The third-order valence-corrected chi connectivity index (χ3v) is 7.22. The van der Waals surface area contributed by atoms with Crippen LogP contribution in [0.3, 0.4) is 0 Å². The summed E-state index contributed by atoms with van der Waals surface area (Å²) >= 11 is 0. The predicted octanol–water partition coefficient (Wildman–Crippen LogP) is 3.87. The van der Waals surface area contributed by atoms with Gasteiger partial charge in [-0.15, -0.1) is 6.42 Å². The molecule has 1 aliphatic heterocycles. The van der Waals surface area contributed by atoms with Gasteiger partial charge in [0.05, 0.1) is 30.1 Å². The van der Waals surface area contributed by atoms with E-state index in [1.807, 2.05) is 30.3 Å². The van der Waals surface area contributed by atoms with Gasteiger partial charge in [-0.25, -0.2) is 9.37 Å². The largest absolute Gasteiger partial charge is 0.496 e. The minimum atomic E-state index is -0.831. The van der Waals surface area contributed by atoms with E-state index in [0.29, 0.717) is 37.4 Å². The standard InChI is InChI=1S/C30H25FN6O4/c1-3-14-36-24-13-12-22(19-32)33-26(24)28(29(30(36)38)37(39)40)35-17-15-34(16-18-35)27(20-8-10-21(31)11-9-20)23-6-4-5-7-25(23)41-2/h1,4-13,27H,14-18H2,2H3. The topological polar surface area (TPSA) is 118 Å². The molecule has 0 bridgehead atoms. The minimum absolute atomic E-state index is 0.0603. The molecule has 1 fully saturated rings. The van der Waals surface area contributed by atoms with Crippen LogP contribution in [0.4, 0.5) is 15.8 Å². The van der Waals surface area contributed by atoms with E-state index in [4.69, 9.17) is 11.2 Å². The number of ether oxygens (including phenoxy) is 1. The van der Waals surface area contributed by atoms with E-state index in [0.717, 1.165) is 15.7 Å². The number of fused-ring (bicyclic) bond motifs is 1. The Hall–Kier alpha value is -5.26. The fourth-order valence-corrected chi connectivity index (χ4v) is 5.40. The van der Waals surface area contributed by atoms with Crippen molar-refractivity contribution in [3.8, 4) is 24.2 Å². The Morgan fingerprint density at radius 2 is 1.83 bits per heavy atom. The molecule has 1 saturated heterocycles. The van der Waals surface area contributed by atoms with Gasteiger partial charge in [0.15, 0.2) is 5.69 Å². The van der Waals surface area contributed by atoms with Crippen molar-refractivity contribution in [2.45, 2.75) is 12.6 Å². The molecule has 10 nitrogen and oxygen atoms in total. The molecule has 41 heavy (non-hydrogen) atoms. The molecular formula is C30H25FN6O4. The maximum Gasteiger partial charge on any atom is 0.359 e. The van der Waals surface area contributed by atoms with Crippen LogP contribution in [0.25, 0.3) is 11.0 Å². The number of benzene rings is 2. The zero-order valence-electron chi connectivity index (χ0n) is 22.2. The highest BCUT2D eigenvalue weighted by Crippen LogP contribution is 2.38. The number of hydrogen-bond acceptors (Lipinski definition) is 8. The molecule has 0 radical (unpaired) electrons. The number of nitro groups is 1. The Morgan fingerprint density at radius 3 is 2.46 bits per heavy atom. The summed E-state index contributed by atoms with van der Waals surface area (Å²) in [7, 11) is 1.59. The minimum Gasteiger partial charge on any atom is -0.496 e. The molecule has 0 amide bonds. The number of halogens is 1. The van der Waals surface area contributed by atoms with Crippen LogP contribution in [-0.4, -0.2) is 52.7 Å². The number of pyridine rings is 2. The molecule has 2 aromatic heterocycles. The van der Waals surface area contributed by atoms with Crippen molar-refractivity contribution >= 4 is 22.4 Å². The van der Waals surface area contributed by atoms with Gasteiger partial charge in [-0.1, -0.05) is 36.3 Å². The van der Waals surface area contributed by atoms with Gasteiger partial charge in [-0.3, -0.25) is 24.4 Å². The summed E-state index contributed by atoms with van der Waals surface area (Å²) in [5.74, 6) is 2.70. The lowest BCUT2D eigenvalue weighted by atomic mass is 9.95. The summed E-state index contributed by atoms with van der Waals surface area (Å²) in [5.41, 5.74) is 0.890. The first-order chi connectivity index (χ1) is 19.9. The summed E-state index contributed by atoms with van der Waals surface area (Å²) in [4.78, 5) is 33.2. The van der Waals surface area contributed by atoms with Crippen molar-refractivity contribution in [1.82, 2.24) is 14.5 Å². The first-order valence-electron chi connectivity index (χ1n) is 12.8. The second-order valence-electron chi connectivity index (χ2n) is 9.44. The summed E-state index contributed by atoms with van der Waals surface area (Å²) in [5, 5.41) is 21.7. The number of piperazine rings is 1. The maximum atomic E-state index is 13.8. The van der Waals surface area contributed by atoms with Crippen LogP contribution in [0.2, 0.25) is 0 Å². The van der Waals surface area contributed by atoms with E-state index in [2.05, 4.69) is 15.8 Å². The number of methoxy groups -OCH3 is 1. The van der Waals surface area contributed by atoms with E-state index in [1.165, 1.54) is 24.3 Å². The number of para-hydroxylation sites is 1. The first kappa shape index (κ1) is 27.3. The summed E-state index contributed by atoms with van der Waals surface area (Å²) in [6.45, 7) is 1.35. The Bertz CT molecular complexity index is 1770. The molecule has 1 aliphatic rings. The fourth-order valence-electron chi connectivity index (χ4n) is 5.40. The molecule has 4 aromatic rings. The summed E-state index contributed by atoms with van der Waals surface area (Å²) in [6, 6.07) is 18.5. The average molecular weight is 553 g/mol. The number of terminal acetylenes is 1. The van der Waals surface area contributed by atoms with E-state index >= 15 is 0 Å². The molecule has 11 heteroatoms. The third kappa shape index (κ3) is 5.07. The monoisotopic (exact) mass is 552 g/mol. The van der Waals surface area contributed by atoms with Crippen molar-refractivity contribution in [3.05, 3.63) is 104 Å². The fraction of sp³-hybridized carbons (Fsp3) is 0.233. The number of rotatable bonds is 7. The molecule has 1 unspecified atom stereocenters. The van der Waals surface area contributed by atoms with E-state index in [1.54, 1.807) is 24.1 Å². The van der Waals surface area contributed by atoms with Crippen LogP contribution in [0.5, 0.6) is 5.75 Å². The van der Waals surface area contributed by atoms with E-state index in [9.17, 15) is 24.6 Å². The van der Waals surface area contributed by atoms with Crippen LogP contribution in [-0.2, 0) is 6.54 Å². The average Bonchev–Trinajstić information content (AvgIpc) is 2.99. The Balaban J connectivity index is 1.58. The van der Waals surface area contributed by atoms with Crippen molar-refractivity contribution in [2.75, 3.05) is 38.2 Å². The van der Waals surface area contributed by atoms with Gasteiger partial charge in [0.25, 0.3) is 0 Å². The quantitative estimate of drug-likeness (QED) is 0.193. The molecule has 1 atom stereocenters. The van der Waals surface area contributed by atoms with Crippen molar-refractivity contribution in [2.24, 2.45) is 0 Å². The maximum absolute atomic E-state index is 13.8. The van der Waals surface area contributed by atoms with Crippen LogP contribution >= 0.6 is 0 Å². The highest BCUT2D eigenvalue weighted by molar-refractivity contribution is 5.94. The third-order valence-electron chi connectivity index (χ3n) is 7.22. The highest BCUT2D eigenvalue weighted by Gasteiger charge is 2.34. The number of hydrogen-bond donors (Lipinski definition) is 0. The lowest BCUT2D eigenvalue weighted by Gasteiger charge is -2.40. The Labute approximate surface area is 235 Å². The van der Waals surface area contributed by atoms with Crippen LogP contribution in [0.15, 0.2) is 65.5 Å². The SMILES string of the molecule is C#CCn1c(=O)c([N+](=O)[O-])c(N2CCN(C(c3ccc(F)cc3)c3ccccc3OC)CC2)c2nc(C#N)ccc21. The highest BCUT2D eigenvalue weighted by atomic mass is 19.1. The molecule has 3 heterocycles. The van der Waals surface area contributed by atoms with E-state index < -0.39 is 16.2 Å². The van der Waals surface area contributed by atoms with Gasteiger partial charge in [0.1, 0.15) is 28.8 Å². The van der Waals surface area contributed by atoms with Crippen LogP contribution in [0, 0.1) is 39.6 Å². The lowest BCUT2D eigenvalue weighted by Crippen LogP contribution is -2.48. The van der Waals surface area contributed by atoms with Crippen molar-refractivity contribution < 1.29 is 14.1 Å². The molecule has 206 valence electrons. The van der Waals surface area contributed by atoms with Gasteiger partial charge in [-0.05, 0) is 35.9 Å². The molecule has 0 N–H and O–H groups in total. The molecular weight excluding hydrogens is 527 g/mol. The van der Waals surface area contributed by atoms with Gasteiger partial charge >= 0.3 is 11.2 Å². The lowest BCUT2D eigenvalue weighted by molar-refractivity contribution is -0.385. The van der Waals surface area contributed by atoms with Crippen molar-refractivity contribution in [1.29, 1.82) is 5.26 Å². The summed E-state index contributed by atoms with van der Waals surface area (Å²) < 4.78 is 20.6. The van der Waals surface area contributed by atoms with Gasteiger partial charge in [-0.2, -0.15) is 5.26 Å².